The van der Waals surface area contributed by atoms with Gasteiger partial charge in [-0.15, -0.1) is 0 Å². The molecule has 1 rings (SSSR count). The smallest absolute Gasteiger partial charge is 0.310 e. The van der Waals surface area contributed by atoms with Crippen molar-refractivity contribution in [3.8, 4) is 11.5 Å². The summed E-state index contributed by atoms with van der Waals surface area (Å²) in [5.74, 6) is 0.684. The SMILES string of the molecule is CCOC(=O)Cc1ccc(OC)cc1O[C@H](C)C(C)F. The summed E-state index contributed by atoms with van der Waals surface area (Å²) in [7, 11) is 1.53. The lowest BCUT2D eigenvalue weighted by molar-refractivity contribution is -0.142. The summed E-state index contributed by atoms with van der Waals surface area (Å²) in [4.78, 5) is 11.6. The van der Waals surface area contributed by atoms with E-state index in [-0.39, 0.29) is 12.4 Å². The lowest BCUT2D eigenvalue weighted by atomic mass is 10.1. The molecule has 0 aromatic heterocycles. The minimum atomic E-state index is -1.11. The van der Waals surface area contributed by atoms with Gasteiger partial charge in [-0.2, -0.15) is 0 Å². The minimum Gasteiger partial charge on any atom is -0.497 e. The maximum atomic E-state index is 13.2. The normalized spacial score (nSPS) is 13.4. The van der Waals surface area contributed by atoms with Crippen molar-refractivity contribution in [2.75, 3.05) is 13.7 Å². The second-order valence-electron chi connectivity index (χ2n) is 4.46. The zero-order chi connectivity index (χ0) is 15.1. The molecule has 0 saturated heterocycles. The van der Waals surface area contributed by atoms with Gasteiger partial charge >= 0.3 is 5.97 Å². The molecule has 0 heterocycles. The van der Waals surface area contributed by atoms with Crippen LogP contribution < -0.4 is 9.47 Å². The Labute approximate surface area is 118 Å². The summed E-state index contributed by atoms with van der Waals surface area (Å²) in [6.45, 7) is 5.13. The minimum absolute atomic E-state index is 0.0839. The van der Waals surface area contributed by atoms with Crippen LogP contribution in [0.15, 0.2) is 18.2 Å². The molecule has 1 aromatic rings. The predicted molar refractivity (Wildman–Crippen MR) is 74.0 cm³/mol. The van der Waals surface area contributed by atoms with Crippen molar-refractivity contribution in [3.05, 3.63) is 23.8 Å². The third-order valence-electron chi connectivity index (χ3n) is 2.87. The van der Waals surface area contributed by atoms with E-state index in [0.717, 1.165) is 0 Å². The van der Waals surface area contributed by atoms with Gasteiger partial charge in [0.15, 0.2) is 0 Å². The van der Waals surface area contributed by atoms with Crippen LogP contribution >= 0.6 is 0 Å². The van der Waals surface area contributed by atoms with Gasteiger partial charge in [0.05, 0.1) is 20.1 Å². The van der Waals surface area contributed by atoms with Gasteiger partial charge in [-0.25, -0.2) is 4.39 Å². The van der Waals surface area contributed by atoms with Gasteiger partial charge in [0.2, 0.25) is 0 Å². The van der Waals surface area contributed by atoms with Crippen LogP contribution in [0.1, 0.15) is 26.3 Å². The van der Waals surface area contributed by atoms with Crippen LogP contribution in [0, 0.1) is 0 Å². The molecule has 112 valence electrons. The molecule has 0 aliphatic carbocycles. The lowest BCUT2D eigenvalue weighted by Gasteiger charge is -2.19. The third-order valence-corrected chi connectivity index (χ3v) is 2.87. The number of esters is 1. The van der Waals surface area contributed by atoms with Crippen molar-refractivity contribution < 1.29 is 23.4 Å². The van der Waals surface area contributed by atoms with Crippen LogP contribution in [-0.4, -0.2) is 32.0 Å². The van der Waals surface area contributed by atoms with Crippen molar-refractivity contribution in [2.24, 2.45) is 0 Å². The Morgan fingerprint density at radius 3 is 2.60 bits per heavy atom. The van der Waals surface area contributed by atoms with Crippen LogP contribution in [-0.2, 0) is 16.0 Å². The van der Waals surface area contributed by atoms with Gasteiger partial charge in [0.25, 0.3) is 0 Å². The fraction of sp³-hybridized carbons (Fsp3) is 0.533. The Morgan fingerprint density at radius 1 is 1.35 bits per heavy atom. The number of benzene rings is 1. The number of alkyl halides is 1. The van der Waals surface area contributed by atoms with Gasteiger partial charge in [0, 0.05) is 11.6 Å². The molecule has 0 spiro atoms. The quantitative estimate of drug-likeness (QED) is 0.722. The molecule has 1 unspecified atom stereocenters. The van der Waals surface area contributed by atoms with Crippen molar-refractivity contribution in [1.29, 1.82) is 0 Å². The molecule has 1 aromatic carbocycles. The predicted octanol–water partition coefficient (Wildman–Crippen LogP) is 2.93. The highest BCUT2D eigenvalue weighted by Crippen LogP contribution is 2.27. The number of carbonyl (C=O) groups is 1. The molecule has 2 atom stereocenters. The summed E-state index contributed by atoms with van der Waals surface area (Å²) in [6, 6.07) is 5.10. The Hall–Kier alpha value is -1.78. The molecule has 5 heteroatoms. The first-order valence-corrected chi connectivity index (χ1v) is 6.61. The Balaban J connectivity index is 2.94. The van der Waals surface area contributed by atoms with Gasteiger partial charge < -0.3 is 14.2 Å². The molecular weight excluding hydrogens is 263 g/mol. The average molecular weight is 284 g/mol. The van der Waals surface area contributed by atoms with Crippen molar-refractivity contribution in [2.45, 2.75) is 39.5 Å². The van der Waals surface area contributed by atoms with Gasteiger partial charge in [-0.3, -0.25) is 4.79 Å². The van der Waals surface area contributed by atoms with Crippen molar-refractivity contribution in [1.82, 2.24) is 0 Å². The number of methoxy groups -OCH3 is 1. The van der Waals surface area contributed by atoms with Crippen molar-refractivity contribution >= 4 is 5.97 Å². The maximum Gasteiger partial charge on any atom is 0.310 e. The highest BCUT2D eigenvalue weighted by molar-refractivity contribution is 5.73. The lowest BCUT2D eigenvalue weighted by Crippen LogP contribution is -2.23. The Morgan fingerprint density at radius 2 is 2.05 bits per heavy atom. The summed E-state index contributed by atoms with van der Waals surface area (Å²) in [5.41, 5.74) is 0.650. The van der Waals surface area contributed by atoms with Crippen LogP contribution in [0.25, 0.3) is 0 Å². The summed E-state index contributed by atoms with van der Waals surface area (Å²) in [6.07, 6.45) is -1.64. The number of carbonyl (C=O) groups excluding carboxylic acids is 1. The number of ether oxygens (including phenoxy) is 3. The number of rotatable bonds is 7. The molecule has 0 bridgehead atoms. The van der Waals surface area contributed by atoms with E-state index in [9.17, 15) is 9.18 Å². The summed E-state index contributed by atoms with van der Waals surface area (Å²) in [5, 5.41) is 0. The first kappa shape index (κ1) is 16.3. The van der Waals surface area contributed by atoms with E-state index in [1.165, 1.54) is 14.0 Å². The highest BCUT2D eigenvalue weighted by atomic mass is 19.1. The Bertz CT molecular complexity index is 445. The van der Waals surface area contributed by atoms with Crippen LogP contribution in [0.5, 0.6) is 11.5 Å². The summed E-state index contributed by atoms with van der Waals surface area (Å²) < 4.78 is 28.8. The van der Waals surface area contributed by atoms with E-state index in [4.69, 9.17) is 14.2 Å². The fourth-order valence-corrected chi connectivity index (χ4v) is 1.58. The second-order valence-corrected chi connectivity index (χ2v) is 4.46. The average Bonchev–Trinajstić information content (AvgIpc) is 2.40. The van der Waals surface area contributed by atoms with E-state index < -0.39 is 12.3 Å². The van der Waals surface area contributed by atoms with Crippen LogP contribution in [0.4, 0.5) is 4.39 Å². The largest absolute Gasteiger partial charge is 0.497 e. The number of halogens is 1. The first-order chi connectivity index (χ1) is 9.47. The van der Waals surface area contributed by atoms with Gasteiger partial charge in [-0.1, -0.05) is 6.07 Å². The molecule has 0 fully saturated rings. The monoisotopic (exact) mass is 284 g/mol. The van der Waals surface area contributed by atoms with E-state index in [0.29, 0.717) is 23.7 Å². The molecule has 0 saturated carbocycles. The Kier molecular flexibility index (Phi) is 6.28. The van der Waals surface area contributed by atoms with E-state index >= 15 is 0 Å². The molecule has 20 heavy (non-hydrogen) atoms. The van der Waals surface area contributed by atoms with Gasteiger partial charge in [0.1, 0.15) is 23.8 Å². The topological polar surface area (TPSA) is 44.8 Å². The zero-order valence-electron chi connectivity index (χ0n) is 12.3. The van der Waals surface area contributed by atoms with E-state index in [2.05, 4.69) is 0 Å². The third kappa shape index (κ3) is 4.72. The van der Waals surface area contributed by atoms with E-state index in [1.807, 2.05) is 0 Å². The van der Waals surface area contributed by atoms with E-state index in [1.54, 1.807) is 32.0 Å². The molecule has 0 aliphatic rings. The van der Waals surface area contributed by atoms with Crippen LogP contribution in [0.3, 0.4) is 0 Å². The molecular formula is C15H21FO4. The number of hydrogen-bond acceptors (Lipinski definition) is 4. The molecule has 4 nitrogen and oxygen atoms in total. The molecule has 0 amide bonds. The van der Waals surface area contributed by atoms with Gasteiger partial charge in [-0.05, 0) is 26.8 Å². The highest BCUT2D eigenvalue weighted by Gasteiger charge is 2.17. The standard InChI is InChI=1S/C15H21FO4/c1-5-19-15(17)8-12-6-7-13(18-4)9-14(12)20-11(3)10(2)16/h6-7,9-11H,5,8H2,1-4H3/t10?,11-/m1/s1. The first-order valence-electron chi connectivity index (χ1n) is 6.61. The zero-order valence-corrected chi connectivity index (χ0v) is 12.3. The van der Waals surface area contributed by atoms with Crippen LogP contribution in [0.2, 0.25) is 0 Å². The second kappa shape index (κ2) is 7.72. The molecule has 0 aliphatic heterocycles. The molecule has 0 radical (unpaired) electrons. The summed E-state index contributed by atoms with van der Waals surface area (Å²) >= 11 is 0. The van der Waals surface area contributed by atoms with Crippen molar-refractivity contribution in [3.63, 3.8) is 0 Å². The fourth-order valence-electron chi connectivity index (χ4n) is 1.58. The number of hydrogen-bond donors (Lipinski definition) is 0. The maximum absolute atomic E-state index is 13.2. The molecule has 0 N–H and O–H groups in total.